The summed E-state index contributed by atoms with van der Waals surface area (Å²) >= 11 is 0. The molecule has 0 spiro atoms. The third-order valence-electron chi connectivity index (χ3n) is 7.43. The standard InChI is InChI=1S/C34H39N5O2/c1-36(2)22-13-21-35-32(40)20-12-23-37(3)33-24-26(25-34-38(4)30-18-10-11-19-31(30)41-34)28-16-8-9-17-29(28)39(33)27-14-6-5-7-15-27/h5-11,14-19,24-25H,12-13,20-23H2,1-4H3/p+1. The zero-order valence-corrected chi connectivity index (χ0v) is 24.5. The van der Waals surface area contributed by atoms with E-state index < -0.39 is 0 Å². The molecule has 1 aliphatic heterocycles. The highest BCUT2D eigenvalue weighted by atomic mass is 16.3. The number of rotatable bonds is 11. The first-order chi connectivity index (χ1) is 19.9. The van der Waals surface area contributed by atoms with Crippen molar-refractivity contribution in [2.45, 2.75) is 19.3 Å². The summed E-state index contributed by atoms with van der Waals surface area (Å²) in [7, 11) is 8.23. The number of allylic oxidation sites excluding steroid dienone is 2. The molecule has 0 atom stereocenters. The zero-order chi connectivity index (χ0) is 28.8. The van der Waals surface area contributed by atoms with Crippen molar-refractivity contribution in [1.29, 1.82) is 0 Å². The molecule has 1 N–H and O–H groups in total. The molecule has 0 bridgehead atoms. The van der Waals surface area contributed by atoms with Gasteiger partial charge in [0, 0.05) is 43.9 Å². The van der Waals surface area contributed by atoms with Crippen LogP contribution in [0.1, 0.15) is 30.7 Å². The predicted molar refractivity (Wildman–Crippen MR) is 166 cm³/mol. The summed E-state index contributed by atoms with van der Waals surface area (Å²) in [6.07, 6.45) is 6.56. The quantitative estimate of drug-likeness (QED) is 0.195. The second-order valence-electron chi connectivity index (χ2n) is 10.8. The maximum absolute atomic E-state index is 12.5. The molecular formula is C34H40N5O2+. The number of nitrogens with one attached hydrogen (secondary N) is 1. The molecule has 7 nitrogen and oxygen atoms in total. The van der Waals surface area contributed by atoms with E-state index in [9.17, 15) is 4.79 Å². The summed E-state index contributed by atoms with van der Waals surface area (Å²) in [5.41, 5.74) is 6.31. The third kappa shape index (κ3) is 6.52. The first-order valence-corrected chi connectivity index (χ1v) is 14.3. The molecule has 1 aliphatic rings. The SMILES string of the molecule is CN(C)CCCNC(=O)CCCN(C)C1=C/C(=C\c2oc3ccccc3[n+]2C)c2ccccc2N1c1ccccc1. The molecule has 0 unspecified atom stereocenters. The minimum Gasteiger partial charge on any atom is -0.398 e. The molecule has 5 rings (SSSR count). The number of oxazole rings is 1. The molecule has 212 valence electrons. The molecule has 1 aromatic heterocycles. The Bertz CT molecular complexity index is 1550. The molecule has 2 heterocycles. The first-order valence-electron chi connectivity index (χ1n) is 14.3. The number of benzene rings is 3. The molecule has 41 heavy (non-hydrogen) atoms. The minimum atomic E-state index is 0.109. The summed E-state index contributed by atoms with van der Waals surface area (Å²) in [5, 5.41) is 3.06. The van der Waals surface area contributed by atoms with Gasteiger partial charge in [0.05, 0.1) is 11.8 Å². The minimum absolute atomic E-state index is 0.109. The molecule has 0 fully saturated rings. The monoisotopic (exact) mass is 550 g/mol. The van der Waals surface area contributed by atoms with Crippen molar-refractivity contribution >= 4 is 40.0 Å². The van der Waals surface area contributed by atoms with Gasteiger partial charge in [-0.15, -0.1) is 0 Å². The number of hydrogen-bond donors (Lipinski definition) is 1. The molecule has 4 aromatic rings. The molecule has 0 saturated heterocycles. The van der Waals surface area contributed by atoms with Gasteiger partial charge in [0.15, 0.2) is 0 Å². The van der Waals surface area contributed by atoms with Crippen LogP contribution in [0.15, 0.2) is 95.2 Å². The number of hydrogen-bond acceptors (Lipinski definition) is 5. The zero-order valence-electron chi connectivity index (χ0n) is 24.5. The highest BCUT2D eigenvalue weighted by molar-refractivity contribution is 5.96. The van der Waals surface area contributed by atoms with Gasteiger partial charge >= 0.3 is 5.89 Å². The van der Waals surface area contributed by atoms with E-state index in [-0.39, 0.29) is 5.91 Å². The van der Waals surface area contributed by atoms with E-state index in [0.29, 0.717) is 13.0 Å². The van der Waals surface area contributed by atoms with Gasteiger partial charge in [0.25, 0.3) is 5.52 Å². The molecule has 3 aromatic carbocycles. The van der Waals surface area contributed by atoms with Crippen LogP contribution in [0.4, 0.5) is 11.4 Å². The van der Waals surface area contributed by atoms with Gasteiger partial charge in [-0.1, -0.05) is 48.5 Å². The lowest BCUT2D eigenvalue weighted by Crippen LogP contribution is -2.34. The van der Waals surface area contributed by atoms with Gasteiger partial charge in [-0.2, -0.15) is 4.57 Å². The number of nitrogens with zero attached hydrogens (tertiary/aromatic N) is 4. The Kier molecular flexibility index (Phi) is 8.85. The summed E-state index contributed by atoms with van der Waals surface area (Å²) in [4.78, 5) is 19.1. The van der Waals surface area contributed by atoms with E-state index in [1.165, 1.54) is 0 Å². The Hall–Kier alpha value is -4.36. The largest absolute Gasteiger partial charge is 0.398 e. The van der Waals surface area contributed by atoms with Crippen LogP contribution in [0.3, 0.4) is 0 Å². The van der Waals surface area contributed by atoms with E-state index in [2.05, 4.69) is 98.4 Å². The summed E-state index contributed by atoms with van der Waals surface area (Å²) in [6, 6.07) is 27.0. The summed E-state index contributed by atoms with van der Waals surface area (Å²) in [5.74, 6) is 1.94. The van der Waals surface area contributed by atoms with Crippen molar-refractivity contribution in [3.63, 3.8) is 0 Å². The number of para-hydroxylation sites is 4. The fraction of sp³-hybridized carbons (Fsp3) is 0.294. The fourth-order valence-corrected chi connectivity index (χ4v) is 5.25. The number of aromatic nitrogens is 1. The number of carbonyl (C=O) groups excluding carboxylic acids is 1. The van der Waals surface area contributed by atoms with E-state index in [4.69, 9.17) is 4.42 Å². The fourth-order valence-electron chi connectivity index (χ4n) is 5.25. The molecule has 7 heteroatoms. The van der Waals surface area contributed by atoms with Gasteiger partial charge in [-0.05, 0) is 69.4 Å². The Balaban J connectivity index is 1.43. The predicted octanol–water partition coefficient (Wildman–Crippen LogP) is 5.57. The van der Waals surface area contributed by atoms with E-state index >= 15 is 0 Å². The second kappa shape index (κ2) is 12.9. The highest BCUT2D eigenvalue weighted by Crippen LogP contribution is 2.42. The van der Waals surface area contributed by atoms with Crippen LogP contribution in [-0.4, -0.2) is 56.5 Å². The molecule has 0 radical (unpaired) electrons. The van der Waals surface area contributed by atoms with Crippen LogP contribution in [-0.2, 0) is 11.8 Å². The normalized spacial score (nSPS) is 13.9. The number of fused-ring (bicyclic) bond motifs is 2. The Morgan fingerprint density at radius 3 is 2.44 bits per heavy atom. The van der Waals surface area contributed by atoms with Crippen LogP contribution >= 0.6 is 0 Å². The number of amides is 1. The van der Waals surface area contributed by atoms with Crippen LogP contribution in [0, 0.1) is 0 Å². The van der Waals surface area contributed by atoms with Crippen LogP contribution < -0.4 is 14.8 Å². The smallest absolute Gasteiger partial charge is 0.374 e. The third-order valence-corrected chi connectivity index (χ3v) is 7.43. The Labute approximate surface area is 243 Å². The van der Waals surface area contributed by atoms with E-state index in [0.717, 1.165) is 71.3 Å². The summed E-state index contributed by atoms with van der Waals surface area (Å²) in [6.45, 7) is 2.42. The number of anilines is 2. The van der Waals surface area contributed by atoms with Gasteiger partial charge in [0.1, 0.15) is 12.9 Å². The van der Waals surface area contributed by atoms with Crippen LogP contribution in [0.2, 0.25) is 0 Å². The van der Waals surface area contributed by atoms with Crippen molar-refractivity contribution in [2.24, 2.45) is 7.05 Å². The van der Waals surface area contributed by atoms with Crippen LogP contribution in [0.25, 0.3) is 22.7 Å². The van der Waals surface area contributed by atoms with Crippen molar-refractivity contribution in [2.75, 3.05) is 45.7 Å². The van der Waals surface area contributed by atoms with Crippen molar-refractivity contribution in [1.82, 2.24) is 15.1 Å². The topological polar surface area (TPSA) is 55.8 Å². The maximum Gasteiger partial charge on any atom is 0.374 e. The first kappa shape index (κ1) is 28.2. The maximum atomic E-state index is 12.5. The van der Waals surface area contributed by atoms with Crippen molar-refractivity contribution in [3.8, 4) is 0 Å². The van der Waals surface area contributed by atoms with Crippen molar-refractivity contribution < 1.29 is 13.8 Å². The van der Waals surface area contributed by atoms with E-state index in [1.807, 2.05) is 45.4 Å². The molecule has 0 aliphatic carbocycles. The highest BCUT2D eigenvalue weighted by Gasteiger charge is 2.28. The van der Waals surface area contributed by atoms with Crippen LogP contribution in [0.5, 0.6) is 0 Å². The average molecular weight is 551 g/mol. The average Bonchev–Trinajstić information content (AvgIpc) is 3.30. The lowest BCUT2D eigenvalue weighted by atomic mass is 9.97. The second-order valence-corrected chi connectivity index (χ2v) is 10.8. The lowest BCUT2D eigenvalue weighted by molar-refractivity contribution is -0.651. The van der Waals surface area contributed by atoms with Gasteiger partial charge < -0.3 is 19.5 Å². The van der Waals surface area contributed by atoms with Gasteiger partial charge in [-0.3, -0.25) is 9.69 Å². The number of carbonyl (C=O) groups is 1. The number of aryl methyl sites for hydroxylation is 1. The van der Waals surface area contributed by atoms with E-state index in [1.54, 1.807) is 0 Å². The molecule has 1 amide bonds. The summed E-state index contributed by atoms with van der Waals surface area (Å²) < 4.78 is 8.34. The van der Waals surface area contributed by atoms with Gasteiger partial charge in [0.2, 0.25) is 11.5 Å². The van der Waals surface area contributed by atoms with Gasteiger partial charge in [-0.25, -0.2) is 0 Å². The molecule has 0 saturated carbocycles. The Morgan fingerprint density at radius 2 is 1.66 bits per heavy atom. The lowest BCUT2D eigenvalue weighted by Gasteiger charge is -2.38. The molecular weight excluding hydrogens is 510 g/mol. The van der Waals surface area contributed by atoms with Crippen molar-refractivity contribution in [3.05, 3.63) is 102 Å². The Morgan fingerprint density at radius 1 is 0.927 bits per heavy atom.